The monoisotopic (exact) mass is 307 g/mol. The van der Waals surface area contributed by atoms with Crippen LogP contribution in [0.25, 0.3) is 17.0 Å². The molecule has 3 N–H and O–H groups in total. The van der Waals surface area contributed by atoms with Crippen molar-refractivity contribution in [2.45, 2.75) is 0 Å². The fraction of sp³-hybridized carbons (Fsp3) is 0.0625. The molecule has 0 saturated heterocycles. The van der Waals surface area contributed by atoms with Gasteiger partial charge < -0.3 is 14.7 Å². The summed E-state index contributed by atoms with van der Waals surface area (Å²) in [5, 5.41) is 5.04. The SMILES string of the molecule is COc1ccc2[nH]c(C=C3C(=O)NN=C3c3ncc[nH]3)cc2c1. The molecule has 7 heteroatoms. The number of ether oxygens (including phenoxy) is 1. The highest BCUT2D eigenvalue weighted by molar-refractivity contribution is 6.32. The van der Waals surface area contributed by atoms with Gasteiger partial charge in [0.15, 0.2) is 5.82 Å². The number of aromatic amines is 2. The molecule has 0 radical (unpaired) electrons. The Morgan fingerprint density at radius 2 is 2.17 bits per heavy atom. The minimum atomic E-state index is -0.257. The van der Waals surface area contributed by atoms with E-state index in [9.17, 15) is 4.79 Å². The van der Waals surface area contributed by atoms with Crippen LogP contribution in [0.15, 0.2) is 47.3 Å². The molecule has 0 unspecified atom stereocenters. The number of hydrazone groups is 1. The molecule has 3 aromatic rings. The maximum Gasteiger partial charge on any atom is 0.273 e. The standard InChI is InChI=1S/C16H13N5O2/c1-23-11-2-3-13-9(7-11)6-10(19-13)8-12-14(20-21-16(12)22)15-17-4-5-18-15/h2-8,19H,1H3,(H,17,18)(H,21,22). The van der Waals surface area contributed by atoms with Gasteiger partial charge in [-0.25, -0.2) is 10.4 Å². The number of imidazole rings is 1. The Morgan fingerprint density at radius 1 is 1.26 bits per heavy atom. The van der Waals surface area contributed by atoms with Crippen LogP contribution >= 0.6 is 0 Å². The Labute approximate surface area is 131 Å². The van der Waals surface area contributed by atoms with E-state index in [1.165, 1.54) is 0 Å². The normalized spacial score (nSPS) is 16.0. The number of rotatable bonds is 3. The molecule has 0 atom stereocenters. The van der Waals surface area contributed by atoms with E-state index in [4.69, 9.17) is 4.74 Å². The molecule has 23 heavy (non-hydrogen) atoms. The molecule has 1 aromatic carbocycles. The van der Waals surface area contributed by atoms with Crippen LogP contribution in [0.2, 0.25) is 0 Å². The molecule has 3 heterocycles. The average Bonchev–Trinajstić information content (AvgIpc) is 3.27. The lowest BCUT2D eigenvalue weighted by Gasteiger charge is -1.97. The molecule has 1 amide bonds. The first-order chi connectivity index (χ1) is 11.2. The van der Waals surface area contributed by atoms with Crippen LogP contribution in [-0.2, 0) is 4.79 Å². The van der Waals surface area contributed by atoms with Crippen molar-refractivity contribution in [3.63, 3.8) is 0 Å². The molecule has 1 aliphatic heterocycles. The smallest absolute Gasteiger partial charge is 0.273 e. The number of amides is 1. The summed E-state index contributed by atoms with van der Waals surface area (Å²) in [7, 11) is 1.63. The fourth-order valence-corrected chi connectivity index (χ4v) is 2.54. The third kappa shape index (κ3) is 2.28. The number of benzene rings is 1. The molecule has 2 aromatic heterocycles. The van der Waals surface area contributed by atoms with Gasteiger partial charge in [0.2, 0.25) is 0 Å². The van der Waals surface area contributed by atoms with Crippen molar-refractivity contribution < 1.29 is 9.53 Å². The zero-order valence-electron chi connectivity index (χ0n) is 12.3. The summed E-state index contributed by atoms with van der Waals surface area (Å²) in [6, 6.07) is 7.71. The van der Waals surface area contributed by atoms with Crippen LogP contribution in [0.4, 0.5) is 0 Å². The third-order valence-corrected chi connectivity index (χ3v) is 3.64. The highest BCUT2D eigenvalue weighted by Gasteiger charge is 2.25. The lowest BCUT2D eigenvalue weighted by Crippen LogP contribution is -2.14. The summed E-state index contributed by atoms with van der Waals surface area (Å²) in [6.45, 7) is 0. The number of methoxy groups -OCH3 is 1. The second-order valence-electron chi connectivity index (χ2n) is 5.07. The van der Waals surface area contributed by atoms with Crippen molar-refractivity contribution >= 4 is 28.6 Å². The number of nitrogens with zero attached hydrogens (tertiary/aromatic N) is 2. The first kappa shape index (κ1) is 13.3. The van der Waals surface area contributed by atoms with Gasteiger partial charge in [-0.2, -0.15) is 5.10 Å². The van der Waals surface area contributed by atoms with Crippen molar-refractivity contribution in [1.82, 2.24) is 20.4 Å². The molecule has 0 fully saturated rings. The first-order valence-corrected chi connectivity index (χ1v) is 7.01. The predicted molar refractivity (Wildman–Crippen MR) is 86.1 cm³/mol. The predicted octanol–water partition coefficient (Wildman–Crippen LogP) is 1.82. The van der Waals surface area contributed by atoms with Gasteiger partial charge in [-0.05, 0) is 30.3 Å². The van der Waals surface area contributed by atoms with E-state index in [-0.39, 0.29) is 5.91 Å². The van der Waals surface area contributed by atoms with Gasteiger partial charge in [0.25, 0.3) is 5.91 Å². The van der Waals surface area contributed by atoms with Crippen molar-refractivity contribution in [2.75, 3.05) is 7.11 Å². The molecule has 0 spiro atoms. The van der Waals surface area contributed by atoms with E-state index in [1.807, 2.05) is 24.3 Å². The van der Waals surface area contributed by atoms with Crippen LogP contribution in [-0.4, -0.2) is 33.7 Å². The quantitative estimate of drug-likeness (QED) is 0.644. The second kappa shape index (κ2) is 5.13. The van der Waals surface area contributed by atoms with E-state index in [1.54, 1.807) is 25.6 Å². The van der Waals surface area contributed by atoms with E-state index < -0.39 is 0 Å². The highest BCUT2D eigenvalue weighted by atomic mass is 16.5. The number of carbonyl (C=O) groups is 1. The molecule has 0 aliphatic carbocycles. The van der Waals surface area contributed by atoms with Gasteiger partial charge in [0.1, 0.15) is 11.5 Å². The maximum absolute atomic E-state index is 12.0. The van der Waals surface area contributed by atoms with E-state index in [2.05, 4.69) is 25.5 Å². The molecule has 1 aliphatic rings. The summed E-state index contributed by atoms with van der Waals surface area (Å²) in [5.74, 6) is 1.08. The van der Waals surface area contributed by atoms with Crippen molar-refractivity contribution in [3.8, 4) is 5.75 Å². The lowest BCUT2D eigenvalue weighted by atomic mass is 10.1. The number of carbonyl (C=O) groups excluding carboxylic acids is 1. The summed E-state index contributed by atoms with van der Waals surface area (Å²) in [4.78, 5) is 22.4. The van der Waals surface area contributed by atoms with Gasteiger partial charge >= 0.3 is 0 Å². The van der Waals surface area contributed by atoms with Crippen LogP contribution in [0.3, 0.4) is 0 Å². The van der Waals surface area contributed by atoms with Crippen LogP contribution in [0.1, 0.15) is 11.5 Å². The van der Waals surface area contributed by atoms with Crippen LogP contribution in [0, 0.1) is 0 Å². The molecule has 4 rings (SSSR count). The molecular formula is C16H13N5O2. The molecule has 7 nitrogen and oxygen atoms in total. The number of nitrogens with one attached hydrogen (secondary N) is 3. The zero-order valence-corrected chi connectivity index (χ0v) is 12.3. The molecular weight excluding hydrogens is 294 g/mol. The highest BCUT2D eigenvalue weighted by Crippen LogP contribution is 2.23. The second-order valence-corrected chi connectivity index (χ2v) is 5.07. The van der Waals surface area contributed by atoms with Crippen molar-refractivity contribution in [2.24, 2.45) is 5.10 Å². The van der Waals surface area contributed by atoms with Crippen LogP contribution in [0.5, 0.6) is 5.75 Å². The summed E-state index contributed by atoms with van der Waals surface area (Å²) in [6.07, 6.45) is 5.07. The number of hydrogen-bond acceptors (Lipinski definition) is 4. The molecule has 0 bridgehead atoms. The van der Waals surface area contributed by atoms with Crippen molar-refractivity contribution in [3.05, 3.63) is 53.8 Å². The largest absolute Gasteiger partial charge is 0.497 e. The van der Waals surface area contributed by atoms with E-state index in [0.29, 0.717) is 17.1 Å². The molecule has 114 valence electrons. The minimum absolute atomic E-state index is 0.257. The Bertz CT molecular complexity index is 950. The summed E-state index contributed by atoms with van der Waals surface area (Å²) in [5.41, 5.74) is 5.19. The number of H-pyrrole nitrogens is 2. The van der Waals surface area contributed by atoms with Gasteiger partial charge in [-0.15, -0.1) is 0 Å². The van der Waals surface area contributed by atoms with Gasteiger partial charge in [0, 0.05) is 29.0 Å². The Balaban J connectivity index is 1.76. The van der Waals surface area contributed by atoms with E-state index >= 15 is 0 Å². The Hall–Kier alpha value is -3.35. The maximum atomic E-state index is 12.0. The summed E-state index contributed by atoms with van der Waals surface area (Å²) < 4.78 is 5.22. The number of hydrogen-bond donors (Lipinski definition) is 3. The minimum Gasteiger partial charge on any atom is -0.497 e. The summed E-state index contributed by atoms with van der Waals surface area (Å²) >= 11 is 0. The van der Waals surface area contributed by atoms with Gasteiger partial charge in [0.05, 0.1) is 12.7 Å². The topological polar surface area (TPSA) is 95.2 Å². The Kier molecular flexibility index (Phi) is 2.97. The average molecular weight is 307 g/mol. The molecule has 0 saturated carbocycles. The van der Waals surface area contributed by atoms with Crippen molar-refractivity contribution in [1.29, 1.82) is 0 Å². The van der Waals surface area contributed by atoms with Gasteiger partial charge in [-0.1, -0.05) is 0 Å². The fourth-order valence-electron chi connectivity index (χ4n) is 2.54. The Morgan fingerprint density at radius 3 is 2.96 bits per heavy atom. The lowest BCUT2D eigenvalue weighted by molar-refractivity contribution is -0.116. The number of aromatic nitrogens is 3. The van der Waals surface area contributed by atoms with Crippen LogP contribution < -0.4 is 10.2 Å². The first-order valence-electron chi connectivity index (χ1n) is 7.01. The van der Waals surface area contributed by atoms with E-state index in [0.717, 1.165) is 22.3 Å². The number of fused-ring (bicyclic) bond motifs is 1. The van der Waals surface area contributed by atoms with Gasteiger partial charge in [-0.3, -0.25) is 4.79 Å². The zero-order chi connectivity index (χ0) is 15.8. The third-order valence-electron chi connectivity index (χ3n) is 3.64.